The minimum absolute atomic E-state index is 0.247. The maximum Gasteiger partial charge on any atom is 0.276 e. The van der Waals surface area contributed by atoms with Crippen LogP contribution in [0.5, 0.6) is 0 Å². The van der Waals surface area contributed by atoms with Crippen LogP contribution in [0.15, 0.2) is 69.8 Å². The normalized spacial score (nSPS) is 15.7. The number of rotatable bonds is 5. The Hall–Kier alpha value is -3.11. The first kappa shape index (κ1) is 17.7. The van der Waals surface area contributed by atoms with Crippen LogP contribution < -0.4 is 0 Å². The number of fused-ring (bicyclic) bond motifs is 2. The molecule has 8 nitrogen and oxygen atoms in total. The molecule has 0 amide bonds. The van der Waals surface area contributed by atoms with Crippen molar-refractivity contribution in [2.24, 2.45) is 0 Å². The summed E-state index contributed by atoms with van der Waals surface area (Å²) in [4.78, 5) is 7.33. The summed E-state index contributed by atoms with van der Waals surface area (Å²) < 4.78 is 8.14. The molecule has 1 aliphatic heterocycles. The van der Waals surface area contributed by atoms with Crippen molar-refractivity contribution < 1.29 is 4.42 Å². The summed E-state index contributed by atoms with van der Waals surface area (Å²) in [5, 5.41) is 19.8. The van der Waals surface area contributed by atoms with Crippen LogP contribution in [0.3, 0.4) is 0 Å². The molecule has 1 aromatic carbocycles. The van der Waals surface area contributed by atoms with Gasteiger partial charge in [-0.05, 0) is 18.2 Å². The second-order valence-corrected chi connectivity index (χ2v) is 8.77. The van der Waals surface area contributed by atoms with E-state index in [1.165, 1.54) is 0 Å². The molecule has 0 saturated carbocycles. The van der Waals surface area contributed by atoms with Crippen LogP contribution in [-0.2, 0) is 0 Å². The van der Waals surface area contributed by atoms with Crippen molar-refractivity contribution in [3.8, 4) is 22.8 Å². The lowest BCUT2D eigenvalue weighted by Crippen LogP contribution is -2.11. The molecular formula is C20H15N7OS2. The van der Waals surface area contributed by atoms with Gasteiger partial charge < -0.3 is 9.40 Å². The molecule has 148 valence electrons. The van der Waals surface area contributed by atoms with Gasteiger partial charge in [-0.1, -0.05) is 41.7 Å². The number of hydrogen-bond acceptors (Lipinski definition) is 8. The number of para-hydroxylation sites is 1. The molecule has 10 heteroatoms. The Morgan fingerprint density at radius 2 is 2.00 bits per heavy atom. The first-order valence-electron chi connectivity index (χ1n) is 9.38. The molecule has 0 spiro atoms. The molecule has 6 rings (SSSR count). The number of nitrogens with one attached hydrogen (secondary N) is 1. The van der Waals surface area contributed by atoms with Crippen LogP contribution in [0.25, 0.3) is 33.7 Å². The van der Waals surface area contributed by atoms with Gasteiger partial charge in [0.2, 0.25) is 0 Å². The molecule has 1 atom stereocenters. The fourth-order valence-electron chi connectivity index (χ4n) is 3.56. The second-order valence-electron chi connectivity index (χ2n) is 6.81. The monoisotopic (exact) mass is 433 g/mol. The van der Waals surface area contributed by atoms with Crippen molar-refractivity contribution >= 4 is 34.4 Å². The van der Waals surface area contributed by atoms with Crippen molar-refractivity contribution in [3.05, 3.63) is 55.0 Å². The quantitative estimate of drug-likeness (QED) is 0.410. The van der Waals surface area contributed by atoms with E-state index in [0.717, 1.165) is 44.5 Å². The molecule has 0 saturated heterocycles. The highest BCUT2D eigenvalue weighted by atomic mass is 32.2. The van der Waals surface area contributed by atoms with E-state index in [1.54, 1.807) is 35.9 Å². The zero-order valence-corrected chi connectivity index (χ0v) is 17.2. The lowest BCUT2D eigenvalue weighted by molar-refractivity contribution is 0.465. The lowest BCUT2D eigenvalue weighted by atomic mass is 10.2. The highest BCUT2D eigenvalue weighted by Crippen LogP contribution is 2.39. The van der Waals surface area contributed by atoms with Gasteiger partial charge in [-0.3, -0.25) is 9.55 Å². The van der Waals surface area contributed by atoms with Crippen LogP contribution >= 0.6 is 23.5 Å². The van der Waals surface area contributed by atoms with E-state index in [0.29, 0.717) is 11.1 Å². The van der Waals surface area contributed by atoms with Crippen LogP contribution in [0, 0.1) is 0 Å². The van der Waals surface area contributed by atoms with Crippen molar-refractivity contribution in [3.63, 3.8) is 0 Å². The summed E-state index contributed by atoms with van der Waals surface area (Å²) in [7, 11) is 0. The first-order chi connectivity index (χ1) is 14.9. The second kappa shape index (κ2) is 7.29. The van der Waals surface area contributed by atoms with Crippen molar-refractivity contribution in [2.45, 2.75) is 16.4 Å². The summed E-state index contributed by atoms with van der Waals surface area (Å²) in [6.07, 6.45) is 5.45. The SMILES string of the molecule is c1ccc2c(-c3nnc(SCC4CSc5nnc(-c6ccncc6)n54)o3)c[nH]c2c1. The summed E-state index contributed by atoms with van der Waals surface area (Å²) in [6.45, 7) is 0. The number of aromatic nitrogens is 7. The van der Waals surface area contributed by atoms with Gasteiger partial charge in [-0.25, -0.2) is 0 Å². The summed E-state index contributed by atoms with van der Waals surface area (Å²) >= 11 is 3.28. The molecule has 0 fully saturated rings. The Bertz CT molecular complexity index is 1330. The molecule has 5 heterocycles. The number of thioether (sulfide) groups is 2. The van der Waals surface area contributed by atoms with E-state index in [-0.39, 0.29) is 6.04 Å². The van der Waals surface area contributed by atoms with Crippen molar-refractivity contribution in [2.75, 3.05) is 11.5 Å². The largest absolute Gasteiger partial charge is 0.411 e. The van der Waals surface area contributed by atoms with Gasteiger partial charge in [-0.2, -0.15) is 0 Å². The number of nitrogens with zero attached hydrogens (tertiary/aromatic N) is 6. The molecule has 0 bridgehead atoms. The third kappa shape index (κ3) is 2.99. The minimum Gasteiger partial charge on any atom is -0.411 e. The van der Waals surface area contributed by atoms with Crippen LogP contribution in [0.4, 0.5) is 0 Å². The van der Waals surface area contributed by atoms with Crippen LogP contribution in [0.2, 0.25) is 0 Å². The van der Waals surface area contributed by atoms with Gasteiger partial charge in [0.15, 0.2) is 11.0 Å². The fraction of sp³-hybridized carbons (Fsp3) is 0.150. The van der Waals surface area contributed by atoms with Gasteiger partial charge in [-0.15, -0.1) is 20.4 Å². The molecule has 1 aliphatic rings. The third-order valence-corrected chi connectivity index (χ3v) is 7.05. The average Bonchev–Trinajstić information content (AvgIpc) is 3.56. The maximum absolute atomic E-state index is 5.95. The predicted molar refractivity (Wildman–Crippen MR) is 115 cm³/mol. The minimum atomic E-state index is 0.247. The molecule has 0 aliphatic carbocycles. The van der Waals surface area contributed by atoms with Crippen molar-refractivity contribution in [1.82, 2.24) is 34.9 Å². The number of aromatic amines is 1. The summed E-state index contributed by atoms with van der Waals surface area (Å²) in [5.74, 6) is 3.14. The van der Waals surface area contributed by atoms with E-state index < -0.39 is 0 Å². The van der Waals surface area contributed by atoms with E-state index >= 15 is 0 Å². The van der Waals surface area contributed by atoms with E-state index in [1.807, 2.05) is 42.6 Å². The Balaban J connectivity index is 1.22. The van der Waals surface area contributed by atoms with Crippen molar-refractivity contribution in [1.29, 1.82) is 0 Å². The number of benzene rings is 1. The molecule has 1 unspecified atom stereocenters. The summed E-state index contributed by atoms with van der Waals surface area (Å²) in [5.41, 5.74) is 2.98. The average molecular weight is 434 g/mol. The highest BCUT2D eigenvalue weighted by molar-refractivity contribution is 8.00. The number of hydrogen-bond donors (Lipinski definition) is 1. The van der Waals surface area contributed by atoms with Gasteiger partial charge in [0, 0.05) is 46.6 Å². The standard InChI is InChI=1S/C20H15N7OS2/c1-2-4-16-14(3-1)15(9-22-16)18-24-26-20(28-18)30-11-13-10-29-19-25-23-17(27(13)19)12-5-7-21-8-6-12/h1-9,13,22H,10-11H2. The Morgan fingerprint density at radius 1 is 1.10 bits per heavy atom. The Kier molecular flexibility index (Phi) is 4.31. The molecule has 4 aromatic heterocycles. The molecule has 1 N–H and O–H groups in total. The first-order valence-corrected chi connectivity index (χ1v) is 11.3. The fourth-order valence-corrected chi connectivity index (χ4v) is 5.63. The van der Waals surface area contributed by atoms with E-state index in [2.05, 4.69) is 34.9 Å². The number of H-pyrrole nitrogens is 1. The lowest BCUT2D eigenvalue weighted by Gasteiger charge is -2.12. The van der Waals surface area contributed by atoms with Gasteiger partial charge in [0.05, 0.1) is 11.6 Å². The maximum atomic E-state index is 5.95. The van der Waals surface area contributed by atoms with Crippen LogP contribution in [-0.4, -0.2) is 46.4 Å². The Labute approximate surface area is 179 Å². The van der Waals surface area contributed by atoms with Gasteiger partial charge in [0.25, 0.3) is 11.1 Å². The topological polar surface area (TPSA) is 98.3 Å². The van der Waals surface area contributed by atoms with E-state index in [9.17, 15) is 0 Å². The zero-order valence-electron chi connectivity index (χ0n) is 15.6. The Morgan fingerprint density at radius 3 is 2.93 bits per heavy atom. The third-order valence-electron chi connectivity index (χ3n) is 5.00. The van der Waals surface area contributed by atoms with Gasteiger partial charge >= 0.3 is 0 Å². The van der Waals surface area contributed by atoms with Gasteiger partial charge in [0.1, 0.15) is 0 Å². The molecule has 5 aromatic rings. The molecule has 30 heavy (non-hydrogen) atoms. The molecular weight excluding hydrogens is 418 g/mol. The predicted octanol–water partition coefficient (Wildman–Crippen LogP) is 4.31. The smallest absolute Gasteiger partial charge is 0.276 e. The number of pyridine rings is 1. The zero-order chi connectivity index (χ0) is 19.9. The summed E-state index contributed by atoms with van der Waals surface area (Å²) in [6, 6.07) is 12.2. The highest BCUT2D eigenvalue weighted by Gasteiger charge is 2.29. The van der Waals surface area contributed by atoms with Crippen LogP contribution in [0.1, 0.15) is 6.04 Å². The molecule has 0 radical (unpaired) electrons. The van der Waals surface area contributed by atoms with E-state index in [4.69, 9.17) is 4.42 Å².